The maximum absolute atomic E-state index is 14.6. The molecule has 4 aromatic rings. The number of fused-ring (bicyclic) bond motifs is 1. The molecule has 0 saturated carbocycles. The molecule has 7 heteroatoms. The van der Waals surface area contributed by atoms with Gasteiger partial charge in [0.15, 0.2) is 11.5 Å². The van der Waals surface area contributed by atoms with E-state index in [0.29, 0.717) is 23.8 Å². The first-order chi connectivity index (χ1) is 19.5. The molecule has 0 amide bonds. The van der Waals surface area contributed by atoms with E-state index in [1.54, 1.807) is 27.4 Å². The van der Waals surface area contributed by atoms with Gasteiger partial charge in [-0.3, -0.25) is 14.9 Å². The number of nitrogens with zero attached hydrogens (tertiary/aromatic N) is 3. The highest BCUT2D eigenvalue weighted by Gasteiger charge is 2.26. The van der Waals surface area contributed by atoms with Crippen LogP contribution in [0, 0.1) is 5.82 Å². The number of ether oxygens (including phenoxy) is 3. The molecule has 204 valence electrons. The number of allylic oxidation sites excluding steroid dienone is 2. The summed E-state index contributed by atoms with van der Waals surface area (Å²) in [6.45, 7) is 4.18. The van der Waals surface area contributed by atoms with Gasteiger partial charge in [0.25, 0.3) is 0 Å². The topological polar surface area (TPSA) is 56.7 Å². The van der Waals surface area contributed by atoms with Crippen molar-refractivity contribution in [2.45, 2.75) is 20.0 Å². The van der Waals surface area contributed by atoms with Crippen LogP contribution in [0.2, 0.25) is 0 Å². The van der Waals surface area contributed by atoms with Crippen molar-refractivity contribution < 1.29 is 18.6 Å². The molecule has 0 unspecified atom stereocenters. The summed E-state index contributed by atoms with van der Waals surface area (Å²) in [5, 5.41) is 0. The third-order valence-electron chi connectivity index (χ3n) is 7.14. The van der Waals surface area contributed by atoms with E-state index in [4.69, 9.17) is 14.2 Å². The summed E-state index contributed by atoms with van der Waals surface area (Å²) in [7, 11) is 4.79. The quantitative estimate of drug-likeness (QED) is 0.225. The Morgan fingerprint density at radius 1 is 0.725 bits per heavy atom. The van der Waals surface area contributed by atoms with Crippen molar-refractivity contribution in [2.24, 2.45) is 0 Å². The molecule has 0 bridgehead atoms. The van der Waals surface area contributed by atoms with Crippen molar-refractivity contribution in [3.63, 3.8) is 0 Å². The minimum absolute atomic E-state index is 0.257. The van der Waals surface area contributed by atoms with Crippen molar-refractivity contribution in [1.29, 1.82) is 0 Å². The minimum atomic E-state index is -0.257. The zero-order chi connectivity index (χ0) is 28.1. The largest absolute Gasteiger partial charge is 0.493 e. The molecule has 2 aromatic carbocycles. The maximum atomic E-state index is 14.6. The highest BCUT2D eigenvalue weighted by molar-refractivity contribution is 6.05. The maximum Gasteiger partial charge on any atom is 0.203 e. The van der Waals surface area contributed by atoms with Crippen LogP contribution in [-0.2, 0) is 13.1 Å². The Morgan fingerprint density at radius 3 is 1.82 bits per heavy atom. The molecule has 1 aliphatic rings. The van der Waals surface area contributed by atoms with E-state index in [1.165, 1.54) is 6.07 Å². The Morgan fingerprint density at radius 2 is 1.30 bits per heavy atom. The number of aromatic nitrogens is 2. The fourth-order valence-electron chi connectivity index (χ4n) is 5.19. The van der Waals surface area contributed by atoms with Gasteiger partial charge in [0.05, 0.1) is 21.3 Å². The number of hydrogen-bond donors (Lipinski definition) is 0. The molecule has 0 atom stereocenters. The number of hydrogen-bond acceptors (Lipinski definition) is 6. The number of methoxy groups -OCH3 is 3. The summed E-state index contributed by atoms with van der Waals surface area (Å²) >= 11 is 0. The molecule has 0 aliphatic heterocycles. The van der Waals surface area contributed by atoms with Crippen molar-refractivity contribution in [3.8, 4) is 17.2 Å². The number of rotatable bonds is 10. The van der Waals surface area contributed by atoms with Gasteiger partial charge in [-0.05, 0) is 106 Å². The predicted octanol–water partition coefficient (Wildman–Crippen LogP) is 6.67. The summed E-state index contributed by atoms with van der Waals surface area (Å²) in [6.07, 6.45) is 9.33. The van der Waals surface area contributed by atoms with Crippen LogP contribution in [0.4, 0.5) is 4.39 Å². The third kappa shape index (κ3) is 5.75. The van der Waals surface area contributed by atoms with E-state index in [1.807, 2.05) is 67.3 Å². The Balaban J connectivity index is 1.57. The molecule has 1 aliphatic carbocycles. The molecule has 5 rings (SSSR count). The standard InChI is InChI=1S/C33H32FN3O3/c1-22-28(15-25-16-31(38-2)33(40-4)32(17-25)39-3)27-6-5-26(34)18-29(27)30(22)21-37(19-23-7-11-35-12-8-23)20-24-9-13-36-14-10-24/h5-18H,19-21H2,1-4H3. The zero-order valence-corrected chi connectivity index (χ0v) is 23.1. The summed E-state index contributed by atoms with van der Waals surface area (Å²) in [5.74, 6) is 1.44. The van der Waals surface area contributed by atoms with Crippen LogP contribution in [0.15, 0.2) is 85.0 Å². The van der Waals surface area contributed by atoms with Crippen LogP contribution < -0.4 is 14.2 Å². The molecular weight excluding hydrogens is 505 g/mol. The van der Waals surface area contributed by atoms with Gasteiger partial charge in [0.2, 0.25) is 5.75 Å². The van der Waals surface area contributed by atoms with Crippen LogP contribution in [0.25, 0.3) is 17.2 Å². The fourth-order valence-corrected chi connectivity index (χ4v) is 5.19. The van der Waals surface area contributed by atoms with E-state index in [0.717, 1.165) is 57.6 Å². The van der Waals surface area contributed by atoms with Crippen molar-refractivity contribution in [2.75, 3.05) is 27.9 Å². The van der Waals surface area contributed by atoms with E-state index >= 15 is 0 Å². The lowest BCUT2D eigenvalue weighted by atomic mass is 10.00. The molecule has 2 aromatic heterocycles. The van der Waals surface area contributed by atoms with Crippen LogP contribution >= 0.6 is 0 Å². The van der Waals surface area contributed by atoms with Crippen LogP contribution in [0.5, 0.6) is 17.2 Å². The van der Waals surface area contributed by atoms with Crippen LogP contribution in [0.1, 0.15) is 34.7 Å². The predicted molar refractivity (Wildman–Crippen MR) is 156 cm³/mol. The van der Waals surface area contributed by atoms with Gasteiger partial charge in [-0.2, -0.15) is 0 Å². The van der Waals surface area contributed by atoms with E-state index < -0.39 is 0 Å². The molecule has 0 fully saturated rings. The summed E-state index contributed by atoms with van der Waals surface area (Å²) in [4.78, 5) is 10.7. The Labute approximate surface area is 234 Å². The molecular formula is C33H32FN3O3. The first-order valence-corrected chi connectivity index (χ1v) is 13.0. The van der Waals surface area contributed by atoms with Gasteiger partial charge in [0.1, 0.15) is 5.82 Å². The van der Waals surface area contributed by atoms with Gasteiger partial charge in [-0.25, -0.2) is 4.39 Å². The molecule has 0 N–H and O–H groups in total. The van der Waals surface area contributed by atoms with Gasteiger partial charge in [-0.1, -0.05) is 6.07 Å². The first-order valence-electron chi connectivity index (χ1n) is 13.0. The monoisotopic (exact) mass is 537 g/mol. The second-order valence-electron chi connectivity index (χ2n) is 9.67. The Hall–Kier alpha value is -4.49. The normalized spacial score (nSPS) is 13.6. The SMILES string of the molecule is COc1cc(C=C2C(C)=C(CN(Cc3ccncc3)Cc3ccncc3)c3cc(F)ccc32)cc(OC)c1OC. The lowest BCUT2D eigenvalue weighted by Gasteiger charge is -2.24. The van der Waals surface area contributed by atoms with Crippen molar-refractivity contribution in [1.82, 2.24) is 14.9 Å². The molecule has 6 nitrogen and oxygen atoms in total. The summed E-state index contributed by atoms with van der Waals surface area (Å²) in [6, 6.07) is 17.0. The van der Waals surface area contributed by atoms with E-state index in [9.17, 15) is 4.39 Å². The lowest BCUT2D eigenvalue weighted by Crippen LogP contribution is -2.25. The third-order valence-corrected chi connectivity index (χ3v) is 7.14. The number of halogens is 1. The summed E-state index contributed by atoms with van der Waals surface area (Å²) in [5.41, 5.74) is 8.35. The second kappa shape index (κ2) is 12.1. The molecule has 40 heavy (non-hydrogen) atoms. The fraction of sp³-hybridized carbons (Fsp3) is 0.212. The highest BCUT2D eigenvalue weighted by Crippen LogP contribution is 2.45. The van der Waals surface area contributed by atoms with E-state index in [-0.39, 0.29) is 5.82 Å². The molecule has 0 saturated heterocycles. The summed E-state index contributed by atoms with van der Waals surface area (Å²) < 4.78 is 31.3. The minimum Gasteiger partial charge on any atom is -0.493 e. The van der Waals surface area contributed by atoms with Crippen LogP contribution in [0.3, 0.4) is 0 Å². The Kier molecular flexibility index (Phi) is 8.22. The average molecular weight is 538 g/mol. The Bertz CT molecular complexity index is 1490. The number of benzene rings is 2. The van der Waals surface area contributed by atoms with Crippen molar-refractivity contribution in [3.05, 3.63) is 119 Å². The van der Waals surface area contributed by atoms with E-state index in [2.05, 4.69) is 27.9 Å². The molecule has 0 spiro atoms. The molecule has 2 heterocycles. The first kappa shape index (κ1) is 27.1. The zero-order valence-electron chi connectivity index (χ0n) is 23.1. The number of pyridine rings is 2. The van der Waals surface area contributed by atoms with Gasteiger partial charge in [-0.15, -0.1) is 0 Å². The highest BCUT2D eigenvalue weighted by atomic mass is 19.1. The van der Waals surface area contributed by atoms with Crippen LogP contribution in [-0.4, -0.2) is 42.7 Å². The average Bonchev–Trinajstić information content (AvgIpc) is 3.22. The lowest BCUT2D eigenvalue weighted by molar-refractivity contribution is 0.290. The van der Waals surface area contributed by atoms with Gasteiger partial charge in [0, 0.05) is 44.4 Å². The van der Waals surface area contributed by atoms with Crippen molar-refractivity contribution >= 4 is 17.2 Å². The molecule has 0 radical (unpaired) electrons. The second-order valence-corrected chi connectivity index (χ2v) is 9.67. The smallest absolute Gasteiger partial charge is 0.203 e. The van der Waals surface area contributed by atoms with Gasteiger partial charge >= 0.3 is 0 Å². The van der Waals surface area contributed by atoms with Gasteiger partial charge < -0.3 is 14.2 Å².